The van der Waals surface area contributed by atoms with Crippen molar-refractivity contribution < 1.29 is 14.8 Å². The summed E-state index contributed by atoms with van der Waals surface area (Å²) in [6.07, 6.45) is 2.57. The third-order valence-corrected chi connectivity index (χ3v) is 3.86. The molecule has 0 aliphatic carbocycles. The number of nitro groups is 1. The summed E-state index contributed by atoms with van der Waals surface area (Å²) in [6.45, 7) is 4.63. The molecular formula is C13H20N4O4. The molecule has 8 nitrogen and oxygen atoms in total. The van der Waals surface area contributed by atoms with Gasteiger partial charge in [0.2, 0.25) is 5.82 Å². The Morgan fingerprint density at radius 3 is 2.81 bits per heavy atom. The van der Waals surface area contributed by atoms with Crippen molar-refractivity contribution in [1.82, 2.24) is 9.78 Å². The van der Waals surface area contributed by atoms with Crippen LogP contribution >= 0.6 is 0 Å². The number of carbonyl (C=O) groups is 1. The molecule has 21 heavy (non-hydrogen) atoms. The molecule has 0 spiro atoms. The van der Waals surface area contributed by atoms with Gasteiger partial charge in [-0.25, -0.2) is 4.68 Å². The van der Waals surface area contributed by atoms with E-state index in [1.165, 1.54) is 0 Å². The number of aryl methyl sites for hydroxylation is 2. The normalized spacial score (nSPS) is 18.8. The van der Waals surface area contributed by atoms with Gasteiger partial charge >= 0.3 is 11.7 Å². The van der Waals surface area contributed by atoms with Crippen LogP contribution in [0.1, 0.15) is 38.3 Å². The highest BCUT2D eigenvalue weighted by molar-refractivity contribution is 5.70. The van der Waals surface area contributed by atoms with Crippen molar-refractivity contribution in [2.75, 3.05) is 11.4 Å². The number of carboxylic acid groups (broad SMARTS) is 1. The molecule has 2 rings (SSSR count). The summed E-state index contributed by atoms with van der Waals surface area (Å²) in [4.78, 5) is 23.8. The molecule has 1 saturated heterocycles. The number of hydrogen-bond acceptors (Lipinski definition) is 5. The molecule has 0 aromatic carbocycles. The summed E-state index contributed by atoms with van der Waals surface area (Å²) < 4.78 is 1.60. The highest BCUT2D eigenvalue weighted by atomic mass is 16.6. The van der Waals surface area contributed by atoms with E-state index in [2.05, 4.69) is 5.10 Å². The van der Waals surface area contributed by atoms with Crippen LogP contribution in [0.4, 0.5) is 11.5 Å². The lowest BCUT2D eigenvalue weighted by Crippen LogP contribution is -2.42. The van der Waals surface area contributed by atoms with Crippen molar-refractivity contribution in [3.05, 3.63) is 15.8 Å². The van der Waals surface area contributed by atoms with Gasteiger partial charge in [0, 0.05) is 19.1 Å². The standard InChI is InChI=1S/C13H20N4O4/c1-3-16-13(12(17(20)21)9(2)14-16)15-7-5-4-6-10(15)8-11(18)19/h10H,3-8H2,1-2H3,(H,18,19). The Hall–Kier alpha value is -2.12. The molecule has 0 radical (unpaired) electrons. The van der Waals surface area contributed by atoms with E-state index in [1.807, 2.05) is 11.8 Å². The average molecular weight is 296 g/mol. The molecular weight excluding hydrogens is 276 g/mol. The summed E-state index contributed by atoms with van der Waals surface area (Å²) in [5.74, 6) is -0.431. The number of piperidine rings is 1. The summed E-state index contributed by atoms with van der Waals surface area (Å²) in [7, 11) is 0. The van der Waals surface area contributed by atoms with E-state index in [0.717, 1.165) is 19.3 Å². The maximum atomic E-state index is 11.4. The van der Waals surface area contributed by atoms with Gasteiger partial charge in [-0.15, -0.1) is 0 Å². The lowest BCUT2D eigenvalue weighted by molar-refractivity contribution is -0.384. The molecule has 2 heterocycles. The van der Waals surface area contributed by atoms with Crippen LogP contribution in [-0.4, -0.2) is 38.4 Å². The number of anilines is 1. The van der Waals surface area contributed by atoms with Crippen LogP contribution in [0.5, 0.6) is 0 Å². The molecule has 1 aromatic rings. The van der Waals surface area contributed by atoms with E-state index in [1.54, 1.807) is 11.6 Å². The number of aromatic nitrogens is 2. The Morgan fingerprint density at radius 2 is 2.24 bits per heavy atom. The fourth-order valence-corrected chi connectivity index (χ4v) is 2.97. The second-order valence-electron chi connectivity index (χ2n) is 5.27. The zero-order valence-electron chi connectivity index (χ0n) is 12.3. The predicted molar refractivity (Wildman–Crippen MR) is 76.5 cm³/mol. The first-order valence-corrected chi connectivity index (χ1v) is 7.16. The molecule has 1 unspecified atom stereocenters. The number of hydrogen-bond donors (Lipinski definition) is 1. The monoisotopic (exact) mass is 296 g/mol. The number of carboxylic acids is 1. The van der Waals surface area contributed by atoms with E-state index in [-0.39, 0.29) is 18.2 Å². The molecule has 1 aliphatic rings. The molecule has 1 N–H and O–H groups in total. The number of nitrogens with zero attached hydrogens (tertiary/aromatic N) is 4. The van der Waals surface area contributed by atoms with E-state index in [0.29, 0.717) is 24.6 Å². The van der Waals surface area contributed by atoms with Crippen molar-refractivity contribution in [3.63, 3.8) is 0 Å². The van der Waals surface area contributed by atoms with Crippen LogP contribution in [-0.2, 0) is 11.3 Å². The molecule has 0 amide bonds. The first-order chi connectivity index (χ1) is 9.95. The minimum absolute atomic E-state index is 0.00543. The molecule has 0 bridgehead atoms. The fourth-order valence-electron chi connectivity index (χ4n) is 2.97. The zero-order chi connectivity index (χ0) is 15.6. The summed E-state index contributed by atoms with van der Waals surface area (Å²) in [5.41, 5.74) is 0.366. The Morgan fingerprint density at radius 1 is 1.52 bits per heavy atom. The van der Waals surface area contributed by atoms with Crippen molar-refractivity contribution in [1.29, 1.82) is 0 Å². The zero-order valence-corrected chi connectivity index (χ0v) is 12.3. The predicted octanol–water partition coefficient (Wildman–Crippen LogP) is 1.95. The second-order valence-corrected chi connectivity index (χ2v) is 5.27. The highest BCUT2D eigenvalue weighted by Gasteiger charge is 2.34. The maximum absolute atomic E-state index is 11.4. The Labute approximate surface area is 122 Å². The average Bonchev–Trinajstić information content (AvgIpc) is 2.75. The van der Waals surface area contributed by atoms with Crippen LogP contribution in [0.3, 0.4) is 0 Å². The Bertz CT molecular complexity index is 555. The molecule has 1 aromatic heterocycles. The SMILES string of the molecule is CCn1nc(C)c([N+](=O)[O-])c1N1CCCCC1CC(=O)O. The van der Waals surface area contributed by atoms with Crippen molar-refractivity contribution in [3.8, 4) is 0 Å². The fraction of sp³-hybridized carbons (Fsp3) is 0.692. The van der Waals surface area contributed by atoms with Crippen molar-refractivity contribution in [2.45, 2.75) is 52.1 Å². The minimum Gasteiger partial charge on any atom is -0.481 e. The summed E-state index contributed by atoms with van der Waals surface area (Å²) in [5, 5.41) is 24.6. The summed E-state index contributed by atoms with van der Waals surface area (Å²) in [6, 6.07) is -0.212. The van der Waals surface area contributed by atoms with Crippen LogP contribution in [0.15, 0.2) is 0 Å². The largest absolute Gasteiger partial charge is 0.481 e. The van der Waals surface area contributed by atoms with Gasteiger partial charge in [-0.05, 0) is 33.1 Å². The van der Waals surface area contributed by atoms with E-state index < -0.39 is 10.9 Å². The second kappa shape index (κ2) is 6.11. The third kappa shape index (κ3) is 2.98. The van der Waals surface area contributed by atoms with Gasteiger partial charge in [0.05, 0.1) is 11.3 Å². The van der Waals surface area contributed by atoms with E-state index in [4.69, 9.17) is 5.11 Å². The molecule has 116 valence electrons. The maximum Gasteiger partial charge on any atom is 0.333 e. The van der Waals surface area contributed by atoms with Gasteiger partial charge in [0.25, 0.3) is 0 Å². The number of aliphatic carboxylic acids is 1. The van der Waals surface area contributed by atoms with Crippen LogP contribution in [0, 0.1) is 17.0 Å². The molecule has 1 aliphatic heterocycles. The van der Waals surface area contributed by atoms with Gasteiger partial charge in [-0.3, -0.25) is 14.9 Å². The first-order valence-electron chi connectivity index (χ1n) is 7.16. The van der Waals surface area contributed by atoms with Crippen LogP contribution in [0.25, 0.3) is 0 Å². The number of rotatable bonds is 5. The Balaban J connectivity index is 2.46. The van der Waals surface area contributed by atoms with Crippen LogP contribution in [0.2, 0.25) is 0 Å². The molecule has 0 saturated carbocycles. The smallest absolute Gasteiger partial charge is 0.333 e. The third-order valence-electron chi connectivity index (χ3n) is 3.86. The van der Waals surface area contributed by atoms with Crippen molar-refractivity contribution >= 4 is 17.5 Å². The van der Waals surface area contributed by atoms with Crippen LogP contribution < -0.4 is 4.90 Å². The van der Waals surface area contributed by atoms with E-state index in [9.17, 15) is 14.9 Å². The van der Waals surface area contributed by atoms with E-state index >= 15 is 0 Å². The minimum atomic E-state index is -0.881. The molecule has 1 atom stereocenters. The van der Waals surface area contributed by atoms with Gasteiger partial charge in [-0.2, -0.15) is 5.10 Å². The Kier molecular flexibility index (Phi) is 4.44. The molecule has 8 heteroatoms. The highest BCUT2D eigenvalue weighted by Crippen LogP contribution is 2.36. The first kappa shape index (κ1) is 15.3. The van der Waals surface area contributed by atoms with Gasteiger partial charge < -0.3 is 10.0 Å². The summed E-state index contributed by atoms with van der Waals surface area (Å²) >= 11 is 0. The molecule has 1 fully saturated rings. The lowest BCUT2D eigenvalue weighted by atomic mass is 9.99. The quantitative estimate of drug-likeness (QED) is 0.658. The van der Waals surface area contributed by atoms with Crippen molar-refractivity contribution in [2.24, 2.45) is 0 Å². The topological polar surface area (TPSA) is 101 Å². The van der Waals surface area contributed by atoms with Gasteiger partial charge in [0.15, 0.2) is 0 Å². The van der Waals surface area contributed by atoms with Gasteiger partial charge in [0.1, 0.15) is 5.69 Å². The van der Waals surface area contributed by atoms with Gasteiger partial charge in [-0.1, -0.05) is 0 Å². The lowest BCUT2D eigenvalue weighted by Gasteiger charge is -2.36.